The van der Waals surface area contributed by atoms with Crippen LogP contribution >= 0.6 is 11.8 Å². The van der Waals surface area contributed by atoms with Crippen LogP contribution in [0.5, 0.6) is 0 Å². The van der Waals surface area contributed by atoms with Crippen molar-refractivity contribution in [3.05, 3.63) is 50.7 Å². The number of aliphatic hydroxyl groups is 1. The molecular formula is C32H46N6O4S. The minimum absolute atomic E-state index is 0.141. The summed E-state index contributed by atoms with van der Waals surface area (Å²) in [6, 6.07) is 1.68. The van der Waals surface area contributed by atoms with Crippen molar-refractivity contribution in [2.24, 2.45) is 27.1 Å². The van der Waals surface area contributed by atoms with Gasteiger partial charge in [-0.3, -0.25) is 19.6 Å². The number of aliphatic imine (C=N–C) groups is 2. The third-order valence-electron chi connectivity index (χ3n) is 7.88. The number of nitrogens with zero attached hydrogens (tertiary/aromatic N) is 3. The topological polar surface area (TPSA) is 151 Å². The molecule has 11 heteroatoms. The van der Waals surface area contributed by atoms with Crippen LogP contribution in [0.15, 0.2) is 55.0 Å². The molecule has 2 unspecified atom stereocenters. The Morgan fingerprint density at radius 1 is 1.28 bits per heavy atom. The van der Waals surface area contributed by atoms with Gasteiger partial charge in [0.05, 0.1) is 47.5 Å². The maximum absolute atomic E-state index is 13.2. The minimum atomic E-state index is -0.646. The first-order valence-corrected chi connectivity index (χ1v) is 15.7. The highest BCUT2D eigenvalue weighted by Gasteiger charge is 2.36. The first kappa shape index (κ1) is 34.1. The highest BCUT2D eigenvalue weighted by molar-refractivity contribution is 8.07. The molecule has 43 heavy (non-hydrogen) atoms. The van der Waals surface area contributed by atoms with Crippen LogP contribution in [0.3, 0.4) is 0 Å². The summed E-state index contributed by atoms with van der Waals surface area (Å²) in [5, 5.41) is 15.3. The van der Waals surface area contributed by atoms with Gasteiger partial charge in [-0.1, -0.05) is 52.0 Å². The molecule has 0 bridgehead atoms. The number of aromatic nitrogens is 1. The van der Waals surface area contributed by atoms with Crippen molar-refractivity contribution >= 4 is 47.1 Å². The largest absolute Gasteiger partial charge is 0.475 e. The molecule has 0 saturated heterocycles. The number of hydrogen-bond donors (Lipinski definition) is 4. The molecular weight excluding hydrogens is 564 g/mol. The molecule has 2 aliphatic heterocycles. The summed E-state index contributed by atoms with van der Waals surface area (Å²) in [4.78, 5) is 39.3. The number of pyridine rings is 1. The van der Waals surface area contributed by atoms with Crippen LogP contribution in [0.4, 0.5) is 11.4 Å². The van der Waals surface area contributed by atoms with Gasteiger partial charge in [0.15, 0.2) is 0 Å². The number of ether oxygens (including phenoxy) is 1. The van der Waals surface area contributed by atoms with E-state index in [1.807, 2.05) is 13.0 Å². The fraction of sp³-hybridized carbons (Fsp3) is 0.531. The molecule has 234 valence electrons. The van der Waals surface area contributed by atoms with Crippen LogP contribution in [-0.4, -0.2) is 59.8 Å². The molecule has 0 spiro atoms. The molecule has 1 fully saturated rings. The Balaban J connectivity index is 0.000000546. The zero-order valence-corrected chi connectivity index (χ0v) is 27.2. The number of nitrogens with one attached hydrogen (secondary N) is 2. The molecule has 1 saturated carbocycles. The first-order chi connectivity index (χ1) is 20.4. The fourth-order valence-electron chi connectivity index (χ4n) is 4.97. The van der Waals surface area contributed by atoms with Crippen LogP contribution < -0.4 is 16.4 Å². The van der Waals surface area contributed by atoms with Crippen molar-refractivity contribution in [3.8, 4) is 0 Å². The highest BCUT2D eigenvalue weighted by atomic mass is 32.2. The van der Waals surface area contributed by atoms with Gasteiger partial charge in [-0.2, -0.15) is 0 Å². The molecule has 3 aliphatic rings. The number of anilines is 2. The Labute approximate surface area is 259 Å². The molecule has 5 N–H and O–H groups in total. The van der Waals surface area contributed by atoms with E-state index in [4.69, 9.17) is 10.5 Å². The third kappa shape index (κ3) is 9.03. The van der Waals surface area contributed by atoms with E-state index >= 15 is 0 Å². The van der Waals surface area contributed by atoms with Crippen molar-refractivity contribution in [2.45, 2.75) is 80.3 Å². The molecule has 4 rings (SSSR count). The molecule has 2 amide bonds. The number of hydrogen-bond acceptors (Lipinski definition) is 9. The van der Waals surface area contributed by atoms with E-state index in [0.29, 0.717) is 58.2 Å². The normalized spacial score (nSPS) is 21.5. The molecule has 3 heterocycles. The number of nitrogens with two attached hydrogens (primary N) is 1. The monoisotopic (exact) mass is 610 g/mol. The third-order valence-corrected chi connectivity index (χ3v) is 9.14. The first-order valence-electron chi connectivity index (χ1n) is 14.9. The second-order valence-corrected chi connectivity index (χ2v) is 12.7. The van der Waals surface area contributed by atoms with Gasteiger partial charge in [-0.05, 0) is 51.0 Å². The Bertz CT molecular complexity index is 1360. The molecule has 0 aromatic carbocycles. The lowest BCUT2D eigenvalue weighted by molar-refractivity contribution is -0.116. The summed E-state index contributed by atoms with van der Waals surface area (Å²) in [7, 11) is 0. The van der Waals surface area contributed by atoms with E-state index in [0.717, 1.165) is 15.7 Å². The van der Waals surface area contributed by atoms with Crippen LogP contribution in [-0.2, 0) is 14.3 Å². The van der Waals surface area contributed by atoms with Gasteiger partial charge in [0, 0.05) is 28.1 Å². The zero-order chi connectivity index (χ0) is 31.7. The minimum Gasteiger partial charge on any atom is -0.475 e. The second kappa shape index (κ2) is 15.3. The highest BCUT2D eigenvalue weighted by Crippen LogP contribution is 2.47. The molecule has 1 aromatic heterocycles. The summed E-state index contributed by atoms with van der Waals surface area (Å²) >= 11 is 1.37. The summed E-state index contributed by atoms with van der Waals surface area (Å²) < 4.78 is 5.62. The quantitative estimate of drug-likeness (QED) is 0.269. The van der Waals surface area contributed by atoms with Crippen LogP contribution in [0, 0.1) is 18.3 Å². The number of aryl methyl sites for hydroxylation is 1. The fourth-order valence-corrected chi connectivity index (χ4v) is 6.10. The second-order valence-electron chi connectivity index (χ2n) is 11.6. The van der Waals surface area contributed by atoms with Crippen LogP contribution in [0.2, 0.25) is 0 Å². The van der Waals surface area contributed by atoms with E-state index in [9.17, 15) is 14.7 Å². The van der Waals surface area contributed by atoms with Crippen molar-refractivity contribution in [3.63, 3.8) is 0 Å². The lowest BCUT2D eigenvalue weighted by Crippen LogP contribution is -2.33. The van der Waals surface area contributed by atoms with E-state index < -0.39 is 6.10 Å². The number of carbonyl (C=O) groups is 2. The van der Waals surface area contributed by atoms with Gasteiger partial charge >= 0.3 is 0 Å². The number of allylic oxidation sites excluding steroid dienone is 2. The summed E-state index contributed by atoms with van der Waals surface area (Å²) in [5.74, 6) is 0.922. The van der Waals surface area contributed by atoms with Gasteiger partial charge in [-0.25, -0.2) is 4.99 Å². The SMILES string of the molecule is C/C=C(SC1=C(C(=O)Nc2cc(NC(=O)CC)cnc2C)C=NC1)/C(C1=NCC(O)CO1)=C(\C)N.CCC1CCC1(C)C. The molecule has 10 nitrogen and oxygen atoms in total. The van der Waals surface area contributed by atoms with E-state index in [1.165, 1.54) is 31.0 Å². The number of amides is 2. The van der Waals surface area contributed by atoms with Crippen molar-refractivity contribution in [2.75, 3.05) is 30.3 Å². The standard InChI is InChI=1S/C24H30N6O4S.C8H16/c1-5-19(22(13(3)25)24-28-9-16(31)12-34-24)35-20-11-26-10-17(20)23(33)30-18-7-15(8-27-14(18)4)29-21(32)6-2;1-4-7-5-6-8(7,2)3/h5,7-8,10,16,31H,6,9,11-12,25H2,1-4H3,(H,29,32)(H,30,33);7H,4-6H2,1-3H3/b19-5-,22-13-;. The van der Waals surface area contributed by atoms with E-state index in [1.54, 1.807) is 39.2 Å². The molecule has 1 aliphatic carbocycles. The smallest absolute Gasteiger partial charge is 0.258 e. The molecule has 2 atom stereocenters. The van der Waals surface area contributed by atoms with Crippen molar-refractivity contribution in [1.82, 2.24) is 4.98 Å². The number of thioether (sulfide) groups is 1. The lowest BCUT2D eigenvalue weighted by atomic mass is 9.62. The number of carbonyl (C=O) groups excluding carboxylic acids is 2. The van der Waals surface area contributed by atoms with Crippen LogP contribution in [0.1, 0.15) is 72.9 Å². The summed E-state index contributed by atoms with van der Waals surface area (Å²) in [6.07, 6.45) is 8.97. The Hall–Kier alpha value is -3.44. The van der Waals surface area contributed by atoms with E-state index in [2.05, 4.69) is 46.4 Å². The zero-order valence-electron chi connectivity index (χ0n) is 26.4. The predicted octanol–water partition coefficient (Wildman–Crippen LogP) is 5.51. The lowest BCUT2D eigenvalue weighted by Gasteiger charge is -2.44. The maximum atomic E-state index is 13.2. The summed E-state index contributed by atoms with van der Waals surface area (Å²) in [6.45, 7) is 14.9. The van der Waals surface area contributed by atoms with Gasteiger partial charge in [0.2, 0.25) is 11.8 Å². The van der Waals surface area contributed by atoms with Crippen molar-refractivity contribution in [1.29, 1.82) is 0 Å². The average molecular weight is 611 g/mol. The van der Waals surface area contributed by atoms with Gasteiger partial charge < -0.3 is 26.2 Å². The van der Waals surface area contributed by atoms with Gasteiger partial charge in [0.1, 0.15) is 12.7 Å². The Morgan fingerprint density at radius 3 is 2.53 bits per heavy atom. The van der Waals surface area contributed by atoms with E-state index in [-0.39, 0.29) is 25.0 Å². The molecule has 0 radical (unpaired) electrons. The van der Waals surface area contributed by atoms with Gasteiger partial charge in [0.25, 0.3) is 5.91 Å². The Morgan fingerprint density at radius 2 is 2.02 bits per heavy atom. The predicted molar refractivity (Wildman–Crippen MR) is 176 cm³/mol. The van der Waals surface area contributed by atoms with Gasteiger partial charge in [-0.15, -0.1) is 0 Å². The van der Waals surface area contributed by atoms with Crippen LogP contribution in [0.25, 0.3) is 0 Å². The summed E-state index contributed by atoms with van der Waals surface area (Å²) in [5.41, 5.74) is 10.0. The Kier molecular flexibility index (Phi) is 12.1. The number of aliphatic hydroxyl groups excluding tert-OH is 1. The number of rotatable bonds is 9. The maximum Gasteiger partial charge on any atom is 0.258 e. The van der Waals surface area contributed by atoms with Crippen molar-refractivity contribution < 1.29 is 19.4 Å². The molecule has 1 aromatic rings. The average Bonchev–Trinajstić information content (AvgIpc) is 3.43.